The van der Waals surface area contributed by atoms with Crippen LogP contribution in [0.2, 0.25) is 0 Å². The molecular formula is C13H18N2O4S. The van der Waals surface area contributed by atoms with Gasteiger partial charge in [0, 0.05) is 19.3 Å². The van der Waals surface area contributed by atoms with Crippen LogP contribution in [0.3, 0.4) is 0 Å². The van der Waals surface area contributed by atoms with Crippen molar-refractivity contribution in [1.29, 1.82) is 0 Å². The molecule has 0 N–H and O–H groups in total. The Kier molecular flexibility index (Phi) is 3.99. The molecule has 1 fully saturated rings. The van der Waals surface area contributed by atoms with Crippen molar-refractivity contribution in [3.8, 4) is 0 Å². The quantitative estimate of drug-likeness (QED) is 0.629. The van der Waals surface area contributed by atoms with Gasteiger partial charge in [-0.1, -0.05) is 19.4 Å². The van der Waals surface area contributed by atoms with Crippen LogP contribution in [0, 0.1) is 16.0 Å². The average molecular weight is 298 g/mol. The molecular weight excluding hydrogens is 280 g/mol. The lowest BCUT2D eigenvalue weighted by Crippen LogP contribution is -2.21. The van der Waals surface area contributed by atoms with E-state index in [1.807, 2.05) is 4.90 Å². The van der Waals surface area contributed by atoms with Gasteiger partial charge in [0.25, 0.3) is 0 Å². The maximum Gasteiger partial charge on any atom is 0.311 e. The average Bonchev–Trinajstić information content (AvgIpc) is 2.85. The second-order valence-electron chi connectivity index (χ2n) is 5.16. The molecule has 1 aromatic rings. The molecule has 0 bridgehead atoms. The van der Waals surface area contributed by atoms with Gasteiger partial charge in [0.15, 0.2) is 9.84 Å². The number of benzene rings is 1. The largest absolute Gasteiger partial charge is 0.366 e. The number of nitro groups is 1. The Morgan fingerprint density at radius 2 is 2.15 bits per heavy atom. The van der Waals surface area contributed by atoms with E-state index in [0.717, 1.165) is 32.2 Å². The molecule has 0 aliphatic carbocycles. The summed E-state index contributed by atoms with van der Waals surface area (Å²) in [6, 6.07) is 4.49. The zero-order chi connectivity index (χ0) is 14.9. The fourth-order valence-corrected chi connectivity index (χ4v) is 3.49. The molecule has 6 nitrogen and oxygen atoms in total. The maximum atomic E-state index is 11.7. The number of hydrogen-bond donors (Lipinski definition) is 0. The third-order valence-corrected chi connectivity index (χ3v) is 4.89. The van der Waals surface area contributed by atoms with Gasteiger partial charge in [-0.05, 0) is 24.5 Å². The second kappa shape index (κ2) is 5.40. The van der Waals surface area contributed by atoms with Gasteiger partial charge in [-0.15, -0.1) is 0 Å². The SMILES string of the molecule is CCC1CCN(c2cccc(S(C)(=O)=O)c2[N+](=O)[O-])C1. The van der Waals surface area contributed by atoms with Gasteiger partial charge in [0.1, 0.15) is 10.6 Å². The Morgan fingerprint density at radius 1 is 1.45 bits per heavy atom. The molecule has 1 heterocycles. The molecule has 20 heavy (non-hydrogen) atoms. The van der Waals surface area contributed by atoms with Gasteiger partial charge >= 0.3 is 5.69 Å². The number of nitro benzene ring substituents is 1. The number of sulfone groups is 1. The molecule has 0 spiro atoms. The Hall–Kier alpha value is -1.63. The Balaban J connectivity index is 2.52. The minimum atomic E-state index is -3.62. The third kappa shape index (κ3) is 2.77. The summed E-state index contributed by atoms with van der Waals surface area (Å²) in [5.74, 6) is 0.511. The van der Waals surface area contributed by atoms with Crippen LogP contribution in [0.4, 0.5) is 11.4 Å². The first-order valence-corrected chi connectivity index (χ1v) is 8.46. The van der Waals surface area contributed by atoms with Crippen LogP contribution in [0.1, 0.15) is 19.8 Å². The first-order chi connectivity index (χ1) is 9.34. The van der Waals surface area contributed by atoms with E-state index in [9.17, 15) is 18.5 Å². The summed E-state index contributed by atoms with van der Waals surface area (Å²) in [5, 5.41) is 11.3. The molecule has 7 heteroatoms. The van der Waals surface area contributed by atoms with Crippen LogP contribution >= 0.6 is 0 Å². The van der Waals surface area contributed by atoms with Crippen LogP contribution in [0.5, 0.6) is 0 Å². The Bertz CT molecular complexity index is 627. The van der Waals surface area contributed by atoms with Crippen molar-refractivity contribution in [2.24, 2.45) is 5.92 Å². The van der Waals surface area contributed by atoms with E-state index in [4.69, 9.17) is 0 Å². The molecule has 1 unspecified atom stereocenters. The summed E-state index contributed by atoms with van der Waals surface area (Å²) >= 11 is 0. The van der Waals surface area contributed by atoms with E-state index < -0.39 is 14.8 Å². The van der Waals surface area contributed by atoms with Crippen LogP contribution in [-0.4, -0.2) is 32.7 Å². The van der Waals surface area contributed by atoms with Crippen molar-refractivity contribution in [3.63, 3.8) is 0 Å². The summed E-state index contributed by atoms with van der Waals surface area (Å²) in [6.07, 6.45) is 3.00. The second-order valence-corrected chi connectivity index (χ2v) is 7.15. The van der Waals surface area contributed by atoms with Crippen molar-refractivity contribution in [3.05, 3.63) is 28.3 Å². The molecule has 0 radical (unpaired) electrons. The van der Waals surface area contributed by atoms with Gasteiger partial charge in [-0.25, -0.2) is 8.42 Å². The smallest absolute Gasteiger partial charge is 0.311 e. The summed E-state index contributed by atoms with van der Waals surface area (Å²) in [4.78, 5) is 12.4. The van der Waals surface area contributed by atoms with Gasteiger partial charge in [0.2, 0.25) is 0 Å². The van der Waals surface area contributed by atoms with Crippen LogP contribution < -0.4 is 4.90 Å². The fraction of sp³-hybridized carbons (Fsp3) is 0.538. The molecule has 1 atom stereocenters. The highest BCUT2D eigenvalue weighted by Crippen LogP contribution is 2.37. The van der Waals surface area contributed by atoms with E-state index in [1.54, 1.807) is 12.1 Å². The molecule has 1 aliphatic rings. The predicted octanol–water partition coefficient (Wildman–Crippen LogP) is 2.23. The van der Waals surface area contributed by atoms with Gasteiger partial charge in [-0.2, -0.15) is 0 Å². The zero-order valence-corrected chi connectivity index (χ0v) is 12.4. The molecule has 1 aromatic carbocycles. The van der Waals surface area contributed by atoms with Crippen molar-refractivity contribution >= 4 is 21.2 Å². The van der Waals surface area contributed by atoms with E-state index in [-0.39, 0.29) is 10.6 Å². The van der Waals surface area contributed by atoms with E-state index >= 15 is 0 Å². The monoisotopic (exact) mass is 298 g/mol. The van der Waals surface area contributed by atoms with Crippen molar-refractivity contribution in [2.75, 3.05) is 24.2 Å². The highest BCUT2D eigenvalue weighted by atomic mass is 32.2. The predicted molar refractivity (Wildman–Crippen MR) is 76.8 cm³/mol. The van der Waals surface area contributed by atoms with Gasteiger partial charge in [0.05, 0.1) is 4.92 Å². The van der Waals surface area contributed by atoms with Crippen LogP contribution in [0.15, 0.2) is 23.1 Å². The Morgan fingerprint density at radius 3 is 2.65 bits per heavy atom. The fourth-order valence-electron chi connectivity index (χ4n) is 2.63. The number of anilines is 1. The molecule has 0 amide bonds. The lowest BCUT2D eigenvalue weighted by molar-refractivity contribution is -0.387. The first kappa shape index (κ1) is 14.8. The highest BCUT2D eigenvalue weighted by molar-refractivity contribution is 7.90. The summed E-state index contributed by atoms with van der Waals surface area (Å²) in [7, 11) is -3.62. The van der Waals surface area contributed by atoms with Crippen LogP contribution in [-0.2, 0) is 9.84 Å². The standard InChI is InChI=1S/C13H18N2O4S/c1-3-10-7-8-14(9-10)11-5-4-6-12(20(2,18)19)13(11)15(16)17/h4-6,10H,3,7-9H2,1-2H3. The molecule has 0 saturated carbocycles. The lowest BCUT2D eigenvalue weighted by Gasteiger charge is -2.19. The van der Waals surface area contributed by atoms with Crippen molar-refractivity contribution in [2.45, 2.75) is 24.7 Å². The topological polar surface area (TPSA) is 80.5 Å². The molecule has 1 saturated heterocycles. The first-order valence-electron chi connectivity index (χ1n) is 6.57. The van der Waals surface area contributed by atoms with Crippen molar-refractivity contribution < 1.29 is 13.3 Å². The lowest BCUT2D eigenvalue weighted by atomic mass is 10.1. The number of hydrogen-bond acceptors (Lipinski definition) is 5. The summed E-state index contributed by atoms with van der Waals surface area (Å²) in [6.45, 7) is 3.56. The molecule has 0 aromatic heterocycles. The zero-order valence-electron chi connectivity index (χ0n) is 11.6. The van der Waals surface area contributed by atoms with Gasteiger partial charge < -0.3 is 4.90 Å². The number of nitrogens with zero attached hydrogens (tertiary/aromatic N) is 2. The minimum absolute atomic E-state index is 0.208. The normalized spacial score (nSPS) is 19.3. The highest BCUT2D eigenvalue weighted by Gasteiger charge is 2.31. The number of para-hydroxylation sites is 1. The number of rotatable bonds is 4. The van der Waals surface area contributed by atoms with E-state index in [0.29, 0.717) is 11.6 Å². The Labute approximate surface area is 118 Å². The van der Waals surface area contributed by atoms with Crippen molar-refractivity contribution in [1.82, 2.24) is 0 Å². The van der Waals surface area contributed by atoms with Gasteiger partial charge in [-0.3, -0.25) is 10.1 Å². The van der Waals surface area contributed by atoms with E-state index in [1.165, 1.54) is 6.07 Å². The third-order valence-electron chi connectivity index (χ3n) is 3.76. The summed E-state index contributed by atoms with van der Waals surface area (Å²) < 4.78 is 23.4. The molecule has 110 valence electrons. The summed E-state index contributed by atoms with van der Waals surface area (Å²) in [5.41, 5.74) is 0.112. The minimum Gasteiger partial charge on any atom is -0.366 e. The van der Waals surface area contributed by atoms with Crippen LogP contribution in [0.25, 0.3) is 0 Å². The molecule has 2 rings (SSSR count). The van der Waals surface area contributed by atoms with E-state index in [2.05, 4.69) is 6.92 Å². The maximum absolute atomic E-state index is 11.7. The molecule has 1 aliphatic heterocycles.